The average Bonchev–Trinajstić information content (AvgIpc) is 2.86. The molecule has 0 aliphatic carbocycles. The molecule has 5 rings (SSSR count). The SMILES string of the molecule is N#Cc1ccc(N2CCN(c3nnc(Cc4ccc(Cl)cc4Cl)c4ccccc34)CC2)nc1. The van der Waals surface area contributed by atoms with Gasteiger partial charge in [0.1, 0.15) is 11.9 Å². The van der Waals surface area contributed by atoms with E-state index in [4.69, 9.17) is 28.5 Å². The summed E-state index contributed by atoms with van der Waals surface area (Å²) >= 11 is 12.4. The van der Waals surface area contributed by atoms with Crippen LogP contribution in [0.4, 0.5) is 11.6 Å². The van der Waals surface area contributed by atoms with E-state index in [1.807, 2.05) is 30.3 Å². The molecule has 0 spiro atoms. The summed E-state index contributed by atoms with van der Waals surface area (Å²) < 4.78 is 0. The highest BCUT2D eigenvalue weighted by atomic mass is 35.5. The Hall–Kier alpha value is -3.40. The summed E-state index contributed by atoms with van der Waals surface area (Å²) in [4.78, 5) is 8.92. The summed E-state index contributed by atoms with van der Waals surface area (Å²) in [6.45, 7) is 3.25. The van der Waals surface area contributed by atoms with Gasteiger partial charge in [-0.15, -0.1) is 5.10 Å². The summed E-state index contributed by atoms with van der Waals surface area (Å²) in [5.41, 5.74) is 2.43. The van der Waals surface area contributed by atoms with E-state index < -0.39 is 0 Å². The zero-order chi connectivity index (χ0) is 22.8. The van der Waals surface area contributed by atoms with Crippen LogP contribution in [0, 0.1) is 11.3 Å². The second-order valence-corrected chi connectivity index (χ2v) is 8.76. The number of piperazine rings is 1. The molecular formula is C25H20Cl2N6. The molecule has 0 saturated carbocycles. The molecule has 4 aromatic rings. The second kappa shape index (κ2) is 9.22. The number of hydrogen-bond acceptors (Lipinski definition) is 6. The van der Waals surface area contributed by atoms with Crippen molar-refractivity contribution < 1.29 is 0 Å². The molecule has 1 saturated heterocycles. The number of benzene rings is 2. The molecule has 1 aliphatic rings. The highest BCUT2D eigenvalue weighted by molar-refractivity contribution is 6.35. The van der Waals surface area contributed by atoms with Crippen molar-refractivity contribution >= 4 is 45.6 Å². The summed E-state index contributed by atoms with van der Waals surface area (Å²) in [6, 6.07) is 19.6. The minimum atomic E-state index is 0.569. The van der Waals surface area contributed by atoms with Crippen LogP contribution in [0.15, 0.2) is 60.8 Å². The average molecular weight is 475 g/mol. The third-order valence-electron chi connectivity index (χ3n) is 5.90. The predicted octanol–water partition coefficient (Wildman–Crippen LogP) is 5.12. The third kappa shape index (κ3) is 4.43. The number of nitriles is 1. The fraction of sp³-hybridized carbons (Fsp3) is 0.200. The van der Waals surface area contributed by atoms with Crippen molar-refractivity contribution in [3.05, 3.63) is 87.7 Å². The highest BCUT2D eigenvalue weighted by Crippen LogP contribution is 2.30. The molecule has 0 bridgehead atoms. The summed E-state index contributed by atoms with van der Waals surface area (Å²) in [7, 11) is 0. The summed E-state index contributed by atoms with van der Waals surface area (Å²) in [5.74, 6) is 1.78. The van der Waals surface area contributed by atoms with Crippen molar-refractivity contribution in [2.45, 2.75) is 6.42 Å². The van der Waals surface area contributed by atoms with Crippen molar-refractivity contribution in [1.29, 1.82) is 5.26 Å². The fourth-order valence-electron chi connectivity index (χ4n) is 4.14. The van der Waals surface area contributed by atoms with E-state index in [9.17, 15) is 0 Å². The molecule has 1 fully saturated rings. The van der Waals surface area contributed by atoms with Gasteiger partial charge in [0.15, 0.2) is 5.82 Å². The van der Waals surface area contributed by atoms with Gasteiger partial charge in [-0.25, -0.2) is 4.98 Å². The number of nitrogens with zero attached hydrogens (tertiary/aromatic N) is 6. The Kier molecular flexibility index (Phi) is 5.99. The second-order valence-electron chi connectivity index (χ2n) is 7.92. The quantitative estimate of drug-likeness (QED) is 0.408. The van der Waals surface area contributed by atoms with Gasteiger partial charge in [0.05, 0.1) is 11.3 Å². The zero-order valence-electron chi connectivity index (χ0n) is 17.7. The van der Waals surface area contributed by atoms with Crippen LogP contribution >= 0.6 is 23.2 Å². The van der Waals surface area contributed by atoms with Gasteiger partial charge in [-0.1, -0.05) is 53.5 Å². The Morgan fingerprint density at radius 1 is 0.879 bits per heavy atom. The largest absolute Gasteiger partial charge is 0.353 e. The number of hydrogen-bond donors (Lipinski definition) is 0. The lowest BCUT2D eigenvalue weighted by atomic mass is 10.0. The van der Waals surface area contributed by atoms with Gasteiger partial charge in [0.25, 0.3) is 0 Å². The van der Waals surface area contributed by atoms with Crippen LogP contribution in [0.3, 0.4) is 0 Å². The topological polar surface area (TPSA) is 68.9 Å². The van der Waals surface area contributed by atoms with Gasteiger partial charge >= 0.3 is 0 Å². The summed E-state index contributed by atoms with van der Waals surface area (Å²) in [5, 5.41) is 21.6. The molecule has 2 aromatic carbocycles. The van der Waals surface area contributed by atoms with Gasteiger partial charge in [0, 0.05) is 59.6 Å². The molecular weight excluding hydrogens is 455 g/mol. The molecule has 33 heavy (non-hydrogen) atoms. The Balaban J connectivity index is 1.38. The van der Waals surface area contributed by atoms with Crippen molar-refractivity contribution in [2.24, 2.45) is 0 Å². The first-order valence-corrected chi connectivity index (χ1v) is 11.4. The third-order valence-corrected chi connectivity index (χ3v) is 6.48. The van der Waals surface area contributed by atoms with Crippen molar-refractivity contribution in [3.63, 3.8) is 0 Å². The molecule has 6 nitrogen and oxygen atoms in total. The standard InChI is InChI=1S/C25H20Cl2N6/c26-19-7-6-18(22(27)14-19)13-23-20-3-1-2-4-21(20)25(31-30-23)33-11-9-32(10-12-33)24-8-5-17(15-28)16-29-24/h1-8,14,16H,9-13H2. The van der Waals surface area contributed by atoms with Gasteiger partial charge in [-0.05, 0) is 29.8 Å². The van der Waals surface area contributed by atoms with E-state index >= 15 is 0 Å². The maximum absolute atomic E-state index is 8.98. The maximum atomic E-state index is 8.98. The Morgan fingerprint density at radius 2 is 1.64 bits per heavy atom. The number of pyridine rings is 1. The van der Waals surface area contributed by atoms with Gasteiger partial charge in [-0.2, -0.15) is 10.4 Å². The van der Waals surface area contributed by atoms with Crippen LogP contribution in [0.1, 0.15) is 16.8 Å². The molecule has 0 radical (unpaired) electrons. The first kappa shape index (κ1) is 21.4. The number of anilines is 2. The zero-order valence-corrected chi connectivity index (χ0v) is 19.3. The lowest BCUT2D eigenvalue weighted by Crippen LogP contribution is -2.47. The van der Waals surface area contributed by atoms with E-state index in [-0.39, 0.29) is 0 Å². The fourth-order valence-corrected chi connectivity index (χ4v) is 4.62. The first-order chi connectivity index (χ1) is 16.1. The Labute approximate surface area is 202 Å². The van der Waals surface area contributed by atoms with Crippen LogP contribution in [0.25, 0.3) is 10.8 Å². The molecule has 164 valence electrons. The minimum Gasteiger partial charge on any atom is -0.353 e. The summed E-state index contributed by atoms with van der Waals surface area (Å²) in [6.07, 6.45) is 2.20. The molecule has 0 amide bonds. The van der Waals surface area contributed by atoms with Crippen LogP contribution in [0.2, 0.25) is 10.0 Å². The molecule has 0 N–H and O–H groups in total. The van der Waals surface area contributed by atoms with E-state index in [1.165, 1.54) is 0 Å². The minimum absolute atomic E-state index is 0.569. The van der Waals surface area contributed by atoms with Crippen molar-refractivity contribution in [1.82, 2.24) is 15.2 Å². The van der Waals surface area contributed by atoms with Crippen molar-refractivity contribution in [2.75, 3.05) is 36.0 Å². The van der Waals surface area contributed by atoms with Gasteiger partial charge in [-0.3, -0.25) is 0 Å². The number of aromatic nitrogens is 3. The van der Waals surface area contributed by atoms with E-state index in [0.717, 1.165) is 59.8 Å². The molecule has 2 aromatic heterocycles. The van der Waals surface area contributed by atoms with E-state index in [1.54, 1.807) is 18.3 Å². The van der Waals surface area contributed by atoms with Crippen LogP contribution in [0.5, 0.6) is 0 Å². The van der Waals surface area contributed by atoms with Crippen LogP contribution in [-0.4, -0.2) is 41.4 Å². The van der Waals surface area contributed by atoms with Gasteiger partial charge < -0.3 is 9.80 Å². The Bertz CT molecular complexity index is 1340. The maximum Gasteiger partial charge on any atom is 0.159 e. The molecule has 1 aliphatic heterocycles. The molecule has 3 heterocycles. The normalized spacial score (nSPS) is 13.8. The number of fused-ring (bicyclic) bond motifs is 1. The first-order valence-electron chi connectivity index (χ1n) is 10.7. The van der Waals surface area contributed by atoms with Crippen LogP contribution in [-0.2, 0) is 6.42 Å². The van der Waals surface area contributed by atoms with Gasteiger partial charge in [0.2, 0.25) is 0 Å². The molecule has 0 unspecified atom stereocenters. The van der Waals surface area contributed by atoms with E-state index in [2.05, 4.69) is 43.2 Å². The number of rotatable bonds is 4. The number of halogens is 2. The molecule has 8 heteroatoms. The van der Waals surface area contributed by atoms with E-state index in [0.29, 0.717) is 22.0 Å². The lowest BCUT2D eigenvalue weighted by molar-refractivity contribution is 0.639. The predicted molar refractivity (Wildman–Crippen MR) is 132 cm³/mol. The monoisotopic (exact) mass is 474 g/mol. The highest BCUT2D eigenvalue weighted by Gasteiger charge is 2.22. The van der Waals surface area contributed by atoms with Crippen molar-refractivity contribution in [3.8, 4) is 6.07 Å². The van der Waals surface area contributed by atoms with Crippen LogP contribution < -0.4 is 9.80 Å². The molecule has 0 atom stereocenters. The smallest absolute Gasteiger partial charge is 0.159 e. The Morgan fingerprint density at radius 3 is 2.33 bits per heavy atom. The lowest BCUT2D eigenvalue weighted by Gasteiger charge is -2.36.